The predicted octanol–water partition coefficient (Wildman–Crippen LogP) is 3.19. The molecule has 0 fully saturated rings. The van der Waals surface area contributed by atoms with Gasteiger partial charge in [-0.3, -0.25) is 0 Å². The van der Waals surface area contributed by atoms with Crippen molar-refractivity contribution in [3.05, 3.63) is 16.8 Å². The molecule has 4 heteroatoms. The quantitative estimate of drug-likeness (QED) is 0.800. The molecule has 0 amide bonds. The van der Waals surface area contributed by atoms with Crippen LogP contribution in [0.4, 0.5) is 5.69 Å². The number of nitrogens with zero attached hydrogens (tertiary/aromatic N) is 3. The van der Waals surface area contributed by atoms with E-state index in [-0.39, 0.29) is 0 Å². The van der Waals surface area contributed by atoms with E-state index < -0.39 is 0 Å². The highest BCUT2D eigenvalue weighted by Gasteiger charge is 2.16. The molecule has 0 saturated carbocycles. The van der Waals surface area contributed by atoms with Crippen LogP contribution in [0, 0.1) is 6.92 Å². The largest absolute Gasteiger partial charge is 0.376 e. The van der Waals surface area contributed by atoms with E-state index in [0.717, 1.165) is 15.4 Å². The van der Waals surface area contributed by atoms with E-state index in [1.54, 1.807) is 11.3 Å². The average Bonchev–Trinajstić information content (AvgIpc) is 2.55. The van der Waals surface area contributed by atoms with Crippen LogP contribution in [0.15, 0.2) is 6.20 Å². The summed E-state index contributed by atoms with van der Waals surface area (Å²) in [7, 11) is 4.13. The number of pyridine rings is 1. The van der Waals surface area contributed by atoms with Crippen molar-refractivity contribution in [3.8, 4) is 0 Å². The summed E-state index contributed by atoms with van der Waals surface area (Å²) >= 11 is 1.66. The van der Waals surface area contributed by atoms with Gasteiger partial charge in [-0.05, 0) is 18.4 Å². The number of fused-ring (bicyclic) bond motifs is 1. The fourth-order valence-electron chi connectivity index (χ4n) is 1.88. The molecule has 0 aromatic carbocycles. The fraction of sp³-hybridized carbons (Fsp3) is 0.500. The Bertz CT molecular complexity index is 514. The van der Waals surface area contributed by atoms with E-state index in [2.05, 4.69) is 42.8 Å². The Morgan fingerprint density at radius 3 is 2.56 bits per heavy atom. The zero-order valence-electron chi connectivity index (χ0n) is 10.4. The third kappa shape index (κ3) is 1.78. The molecule has 16 heavy (non-hydrogen) atoms. The Hall–Kier alpha value is -1.16. The van der Waals surface area contributed by atoms with Gasteiger partial charge in [-0.25, -0.2) is 9.97 Å². The predicted molar refractivity (Wildman–Crippen MR) is 70.6 cm³/mol. The molecular weight excluding hydrogens is 218 g/mol. The Morgan fingerprint density at radius 1 is 1.31 bits per heavy atom. The van der Waals surface area contributed by atoms with Crippen molar-refractivity contribution in [2.75, 3.05) is 19.0 Å². The first kappa shape index (κ1) is 11.3. The lowest BCUT2D eigenvalue weighted by atomic mass is 10.0. The first-order valence-electron chi connectivity index (χ1n) is 5.44. The summed E-state index contributed by atoms with van der Waals surface area (Å²) < 4.78 is 0. The molecule has 2 aromatic rings. The van der Waals surface area contributed by atoms with Gasteiger partial charge < -0.3 is 4.90 Å². The van der Waals surface area contributed by atoms with E-state index >= 15 is 0 Å². The van der Waals surface area contributed by atoms with Crippen LogP contribution >= 0.6 is 11.3 Å². The molecule has 0 aliphatic rings. The standard InChI is InChI=1S/C12H17N3S/c1-7(2)9-6-13-12-10(11(9)15(4)5)14-8(3)16-12/h6-7H,1-5H3. The number of aryl methyl sites for hydroxylation is 1. The second kappa shape index (κ2) is 4.01. The van der Waals surface area contributed by atoms with Gasteiger partial charge in [0.1, 0.15) is 10.3 Å². The molecule has 0 radical (unpaired) electrons. The minimum atomic E-state index is 0.469. The van der Waals surface area contributed by atoms with Crippen LogP contribution in [0.2, 0.25) is 0 Å². The Morgan fingerprint density at radius 2 is 2.00 bits per heavy atom. The van der Waals surface area contributed by atoms with Gasteiger partial charge in [0.05, 0.1) is 10.7 Å². The maximum atomic E-state index is 4.59. The van der Waals surface area contributed by atoms with Crippen molar-refractivity contribution in [3.63, 3.8) is 0 Å². The van der Waals surface area contributed by atoms with Gasteiger partial charge in [-0.15, -0.1) is 0 Å². The third-order valence-corrected chi connectivity index (χ3v) is 3.48. The van der Waals surface area contributed by atoms with Gasteiger partial charge in [0.15, 0.2) is 0 Å². The number of rotatable bonds is 2. The normalized spacial score (nSPS) is 11.4. The zero-order chi connectivity index (χ0) is 11.9. The summed E-state index contributed by atoms with van der Waals surface area (Å²) in [5, 5.41) is 1.08. The smallest absolute Gasteiger partial charge is 0.145 e. The van der Waals surface area contributed by atoms with E-state index in [4.69, 9.17) is 0 Å². The first-order valence-corrected chi connectivity index (χ1v) is 6.25. The van der Waals surface area contributed by atoms with Crippen molar-refractivity contribution in [2.24, 2.45) is 0 Å². The van der Waals surface area contributed by atoms with Crippen LogP contribution in [-0.4, -0.2) is 24.1 Å². The summed E-state index contributed by atoms with van der Waals surface area (Å²) in [6.45, 7) is 6.41. The molecule has 0 atom stereocenters. The molecule has 3 nitrogen and oxygen atoms in total. The topological polar surface area (TPSA) is 29.0 Å². The van der Waals surface area contributed by atoms with Crippen molar-refractivity contribution in [2.45, 2.75) is 26.7 Å². The minimum Gasteiger partial charge on any atom is -0.376 e. The van der Waals surface area contributed by atoms with Gasteiger partial charge in [-0.1, -0.05) is 25.2 Å². The van der Waals surface area contributed by atoms with E-state index in [0.29, 0.717) is 5.92 Å². The summed E-state index contributed by atoms with van der Waals surface area (Å²) in [5.74, 6) is 0.469. The highest BCUT2D eigenvalue weighted by Crippen LogP contribution is 2.34. The molecule has 0 aliphatic carbocycles. The maximum Gasteiger partial charge on any atom is 0.145 e. The fourth-order valence-corrected chi connectivity index (χ4v) is 2.64. The Labute approximate surface area is 100 Å². The molecule has 2 rings (SSSR count). The molecule has 0 bridgehead atoms. The third-order valence-electron chi connectivity index (χ3n) is 2.60. The van der Waals surface area contributed by atoms with Crippen LogP contribution in [0.3, 0.4) is 0 Å². The lowest BCUT2D eigenvalue weighted by Gasteiger charge is -2.19. The highest BCUT2D eigenvalue weighted by molar-refractivity contribution is 7.18. The van der Waals surface area contributed by atoms with Gasteiger partial charge in [0, 0.05) is 20.3 Å². The number of thiazole rings is 1. The van der Waals surface area contributed by atoms with Crippen LogP contribution in [-0.2, 0) is 0 Å². The van der Waals surface area contributed by atoms with Gasteiger partial charge in [0.2, 0.25) is 0 Å². The summed E-state index contributed by atoms with van der Waals surface area (Å²) in [6.07, 6.45) is 1.99. The van der Waals surface area contributed by atoms with Crippen molar-refractivity contribution in [1.29, 1.82) is 0 Å². The first-order chi connectivity index (χ1) is 7.50. The monoisotopic (exact) mass is 235 g/mol. The molecule has 0 aliphatic heterocycles. The Kier molecular flexibility index (Phi) is 2.84. The average molecular weight is 235 g/mol. The van der Waals surface area contributed by atoms with Crippen LogP contribution < -0.4 is 4.90 Å². The highest BCUT2D eigenvalue weighted by atomic mass is 32.1. The van der Waals surface area contributed by atoms with Gasteiger partial charge in [0.25, 0.3) is 0 Å². The minimum absolute atomic E-state index is 0.469. The zero-order valence-corrected chi connectivity index (χ0v) is 11.2. The molecule has 0 unspecified atom stereocenters. The number of hydrogen-bond donors (Lipinski definition) is 0. The summed E-state index contributed by atoms with van der Waals surface area (Å²) in [4.78, 5) is 12.3. The van der Waals surface area contributed by atoms with Crippen LogP contribution in [0.5, 0.6) is 0 Å². The van der Waals surface area contributed by atoms with E-state index in [1.807, 2.05) is 13.1 Å². The van der Waals surface area contributed by atoms with Crippen molar-refractivity contribution >= 4 is 27.4 Å². The molecular formula is C12H17N3S. The molecule has 0 N–H and O–H groups in total. The lowest BCUT2D eigenvalue weighted by molar-refractivity contribution is 0.854. The summed E-state index contributed by atoms with van der Waals surface area (Å²) in [6, 6.07) is 0. The second-order valence-corrected chi connectivity index (χ2v) is 5.68. The van der Waals surface area contributed by atoms with E-state index in [9.17, 15) is 0 Å². The van der Waals surface area contributed by atoms with Crippen molar-refractivity contribution < 1.29 is 0 Å². The SMILES string of the molecule is Cc1nc2c(N(C)C)c(C(C)C)cnc2s1. The maximum absolute atomic E-state index is 4.59. The lowest BCUT2D eigenvalue weighted by Crippen LogP contribution is -2.13. The van der Waals surface area contributed by atoms with Crippen LogP contribution in [0.1, 0.15) is 30.3 Å². The molecule has 0 spiro atoms. The molecule has 0 saturated heterocycles. The number of anilines is 1. The molecule has 86 valence electrons. The summed E-state index contributed by atoms with van der Waals surface area (Å²) in [5.41, 5.74) is 3.52. The van der Waals surface area contributed by atoms with Gasteiger partial charge in [-0.2, -0.15) is 0 Å². The molecule has 2 aromatic heterocycles. The molecule has 2 heterocycles. The van der Waals surface area contributed by atoms with Crippen molar-refractivity contribution in [1.82, 2.24) is 9.97 Å². The van der Waals surface area contributed by atoms with E-state index in [1.165, 1.54) is 11.3 Å². The van der Waals surface area contributed by atoms with Gasteiger partial charge >= 0.3 is 0 Å². The van der Waals surface area contributed by atoms with Crippen LogP contribution in [0.25, 0.3) is 10.3 Å². The number of hydrogen-bond acceptors (Lipinski definition) is 4. The second-order valence-electron chi connectivity index (χ2n) is 4.50. The Balaban J connectivity index is 2.78. The number of aromatic nitrogens is 2.